The zero-order chi connectivity index (χ0) is 14.2. The van der Waals surface area contributed by atoms with Crippen LogP contribution in [0, 0.1) is 0 Å². The standard InChI is InChI=1S/C9H7F6NO2/c1-18-6(17)7(8(10,11)12,9(13,14)15)5-3-2-4-16-5/h2-4,16H,1H3. The summed E-state index contributed by atoms with van der Waals surface area (Å²) in [6.07, 6.45) is -10.9. The fraction of sp³-hybridized carbons (Fsp3) is 0.444. The molecule has 0 radical (unpaired) electrons. The minimum Gasteiger partial charge on any atom is -0.468 e. The van der Waals surface area contributed by atoms with Crippen LogP contribution in [0.15, 0.2) is 18.3 Å². The molecule has 0 aliphatic rings. The molecular formula is C9H7F6NO2. The number of aromatic amines is 1. The van der Waals surface area contributed by atoms with Crippen molar-refractivity contribution in [2.24, 2.45) is 0 Å². The number of carbonyl (C=O) groups excluding carboxylic acids is 1. The Hall–Kier alpha value is -1.67. The molecule has 0 amide bonds. The van der Waals surface area contributed by atoms with Gasteiger partial charge in [-0.15, -0.1) is 0 Å². The number of ether oxygens (including phenoxy) is 1. The van der Waals surface area contributed by atoms with Crippen molar-refractivity contribution >= 4 is 5.97 Å². The lowest BCUT2D eigenvalue weighted by molar-refractivity contribution is -0.299. The maximum atomic E-state index is 12.8. The Morgan fingerprint density at radius 1 is 1.17 bits per heavy atom. The summed E-state index contributed by atoms with van der Waals surface area (Å²) in [4.78, 5) is 12.9. The summed E-state index contributed by atoms with van der Waals surface area (Å²) < 4.78 is 80.7. The number of H-pyrrole nitrogens is 1. The highest BCUT2D eigenvalue weighted by Crippen LogP contribution is 2.52. The SMILES string of the molecule is COC(=O)C(c1ccc[nH]1)(C(F)(F)F)C(F)(F)F. The van der Waals surface area contributed by atoms with Crippen molar-refractivity contribution in [1.29, 1.82) is 0 Å². The van der Waals surface area contributed by atoms with E-state index < -0.39 is 29.4 Å². The molecule has 0 bridgehead atoms. The predicted molar refractivity (Wildman–Crippen MR) is 46.6 cm³/mol. The number of rotatable bonds is 2. The molecule has 0 saturated heterocycles. The Bertz CT molecular complexity index is 405. The summed E-state index contributed by atoms with van der Waals surface area (Å²) in [5.41, 5.74) is -6.05. The van der Waals surface area contributed by atoms with E-state index in [1.54, 1.807) is 4.98 Å². The zero-order valence-electron chi connectivity index (χ0n) is 8.82. The third kappa shape index (κ3) is 1.83. The molecule has 1 aromatic rings. The fourth-order valence-electron chi connectivity index (χ4n) is 1.52. The van der Waals surface area contributed by atoms with E-state index in [9.17, 15) is 31.1 Å². The van der Waals surface area contributed by atoms with Crippen LogP contribution in [-0.4, -0.2) is 30.4 Å². The second-order valence-corrected chi connectivity index (χ2v) is 3.32. The zero-order valence-corrected chi connectivity index (χ0v) is 8.82. The molecule has 9 heteroatoms. The molecule has 18 heavy (non-hydrogen) atoms. The summed E-state index contributed by atoms with van der Waals surface area (Å²) in [5.74, 6) is -2.44. The number of nitrogens with one attached hydrogen (secondary N) is 1. The average Bonchev–Trinajstić information content (AvgIpc) is 2.67. The van der Waals surface area contributed by atoms with Crippen LogP contribution in [0.4, 0.5) is 26.3 Å². The van der Waals surface area contributed by atoms with E-state index in [-0.39, 0.29) is 0 Å². The van der Waals surface area contributed by atoms with E-state index in [0.717, 1.165) is 12.3 Å². The van der Waals surface area contributed by atoms with Crippen LogP contribution in [0.2, 0.25) is 0 Å². The summed E-state index contributed by atoms with van der Waals surface area (Å²) in [7, 11) is 0.456. The lowest BCUT2D eigenvalue weighted by atomic mass is 9.82. The van der Waals surface area contributed by atoms with Gasteiger partial charge >= 0.3 is 18.3 Å². The van der Waals surface area contributed by atoms with Crippen molar-refractivity contribution in [2.45, 2.75) is 17.8 Å². The van der Waals surface area contributed by atoms with Crippen molar-refractivity contribution in [2.75, 3.05) is 7.11 Å². The molecule has 0 unspecified atom stereocenters. The lowest BCUT2D eigenvalue weighted by Gasteiger charge is -2.33. The van der Waals surface area contributed by atoms with Gasteiger partial charge in [0, 0.05) is 6.20 Å². The van der Waals surface area contributed by atoms with E-state index in [0.29, 0.717) is 13.2 Å². The Balaban J connectivity index is 3.63. The minimum absolute atomic E-state index is 0.456. The van der Waals surface area contributed by atoms with Crippen LogP contribution in [0.1, 0.15) is 5.69 Å². The second-order valence-electron chi connectivity index (χ2n) is 3.32. The van der Waals surface area contributed by atoms with Crippen LogP contribution >= 0.6 is 0 Å². The molecule has 3 nitrogen and oxygen atoms in total. The third-order valence-electron chi connectivity index (χ3n) is 2.34. The first kappa shape index (κ1) is 14.4. The van der Waals surface area contributed by atoms with Gasteiger partial charge in [-0.3, -0.25) is 4.79 Å². The first-order chi connectivity index (χ1) is 8.09. The lowest BCUT2D eigenvalue weighted by Crippen LogP contribution is -2.60. The van der Waals surface area contributed by atoms with E-state index >= 15 is 0 Å². The fourth-order valence-corrected chi connectivity index (χ4v) is 1.52. The molecule has 0 aliphatic heterocycles. The van der Waals surface area contributed by atoms with Crippen LogP contribution in [-0.2, 0) is 14.9 Å². The number of esters is 1. The first-order valence-corrected chi connectivity index (χ1v) is 4.44. The molecular weight excluding hydrogens is 268 g/mol. The number of aromatic nitrogens is 1. The van der Waals surface area contributed by atoms with Gasteiger partial charge in [0.2, 0.25) is 0 Å². The molecule has 0 aromatic carbocycles. The molecule has 102 valence electrons. The van der Waals surface area contributed by atoms with Gasteiger partial charge in [-0.25, -0.2) is 0 Å². The van der Waals surface area contributed by atoms with Crippen molar-refractivity contribution in [3.63, 3.8) is 0 Å². The summed E-state index contributed by atoms with van der Waals surface area (Å²) in [6, 6.07) is 1.45. The molecule has 0 spiro atoms. The van der Waals surface area contributed by atoms with Crippen LogP contribution in [0.5, 0.6) is 0 Å². The quantitative estimate of drug-likeness (QED) is 0.665. The Morgan fingerprint density at radius 3 is 1.94 bits per heavy atom. The van der Waals surface area contributed by atoms with E-state index in [2.05, 4.69) is 4.74 Å². The van der Waals surface area contributed by atoms with Crippen LogP contribution in [0.25, 0.3) is 0 Å². The topological polar surface area (TPSA) is 42.1 Å². The van der Waals surface area contributed by atoms with Crippen molar-refractivity contribution in [3.05, 3.63) is 24.0 Å². The molecule has 0 fully saturated rings. The molecule has 0 aliphatic carbocycles. The van der Waals surface area contributed by atoms with E-state index in [1.165, 1.54) is 0 Å². The van der Waals surface area contributed by atoms with Gasteiger partial charge in [0.15, 0.2) is 0 Å². The Kier molecular flexibility index (Phi) is 3.37. The summed E-state index contributed by atoms with van der Waals surface area (Å²) in [6.45, 7) is 0. The highest BCUT2D eigenvalue weighted by molar-refractivity contribution is 5.85. The average molecular weight is 275 g/mol. The third-order valence-corrected chi connectivity index (χ3v) is 2.34. The van der Waals surface area contributed by atoms with Gasteiger partial charge in [-0.1, -0.05) is 0 Å². The Labute approximate surface area is 96.7 Å². The largest absolute Gasteiger partial charge is 0.468 e. The molecule has 1 rings (SSSR count). The monoisotopic (exact) mass is 275 g/mol. The molecule has 1 N–H and O–H groups in total. The number of hydrogen-bond acceptors (Lipinski definition) is 2. The number of methoxy groups -OCH3 is 1. The number of halogens is 6. The van der Waals surface area contributed by atoms with Crippen LogP contribution < -0.4 is 0 Å². The van der Waals surface area contributed by atoms with Gasteiger partial charge in [0.1, 0.15) is 0 Å². The minimum atomic E-state index is -5.89. The van der Waals surface area contributed by atoms with Crippen molar-refractivity contribution in [1.82, 2.24) is 4.98 Å². The highest BCUT2D eigenvalue weighted by Gasteiger charge is 2.78. The smallest absolute Gasteiger partial charge is 0.419 e. The second kappa shape index (κ2) is 4.21. The Morgan fingerprint density at radius 2 is 1.67 bits per heavy atom. The van der Waals surface area contributed by atoms with Crippen molar-refractivity contribution in [3.8, 4) is 0 Å². The van der Waals surface area contributed by atoms with Crippen molar-refractivity contribution < 1.29 is 35.9 Å². The highest BCUT2D eigenvalue weighted by atomic mass is 19.4. The maximum absolute atomic E-state index is 12.8. The number of alkyl halides is 6. The molecule has 0 atom stereocenters. The normalized spacial score (nSPS) is 13.5. The van der Waals surface area contributed by atoms with E-state index in [4.69, 9.17) is 0 Å². The summed E-state index contributed by atoms with van der Waals surface area (Å²) >= 11 is 0. The molecule has 1 aromatic heterocycles. The van der Waals surface area contributed by atoms with Gasteiger partial charge in [0.25, 0.3) is 5.41 Å². The van der Waals surface area contributed by atoms with Gasteiger partial charge < -0.3 is 9.72 Å². The first-order valence-electron chi connectivity index (χ1n) is 4.44. The number of carbonyl (C=O) groups is 1. The maximum Gasteiger partial charge on any atom is 0.419 e. The van der Waals surface area contributed by atoms with Gasteiger partial charge in [0.05, 0.1) is 12.8 Å². The van der Waals surface area contributed by atoms with Crippen LogP contribution in [0.3, 0.4) is 0 Å². The van der Waals surface area contributed by atoms with Gasteiger partial charge in [-0.2, -0.15) is 26.3 Å². The predicted octanol–water partition coefficient (Wildman–Crippen LogP) is 2.55. The summed E-state index contributed by atoms with van der Waals surface area (Å²) in [5, 5.41) is 0. The molecule has 0 saturated carbocycles. The number of hydrogen-bond donors (Lipinski definition) is 1. The van der Waals surface area contributed by atoms with E-state index in [1.807, 2.05) is 0 Å². The van der Waals surface area contributed by atoms with Gasteiger partial charge in [-0.05, 0) is 12.1 Å². The molecule has 1 heterocycles.